The summed E-state index contributed by atoms with van der Waals surface area (Å²) in [6, 6.07) is 21.9. The highest BCUT2D eigenvalue weighted by Gasteiger charge is 2.16. The minimum atomic E-state index is -3.36. The summed E-state index contributed by atoms with van der Waals surface area (Å²) >= 11 is 2.13. The maximum absolute atomic E-state index is 11.6. The minimum Gasteiger partial charge on any atom is -0.391 e. The zero-order valence-electron chi connectivity index (χ0n) is 15.8. The normalized spacial score (nSPS) is 13.1. The monoisotopic (exact) mass is 520 g/mol. The molecule has 1 aromatic heterocycles. The number of sulfonamides is 1. The van der Waals surface area contributed by atoms with Crippen LogP contribution in [0.1, 0.15) is 5.56 Å². The average molecular weight is 520 g/mol. The van der Waals surface area contributed by atoms with E-state index in [1.807, 2.05) is 30.3 Å². The van der Waals surface area contributed by atoms with Gasteiger partial charge in [0.1, 0.15) is 0 Å². The Morgan fingerprint density at radius 2 is 1.55 bits per heavy atom. The lowest BCUT2D eigenvalue weighted by Crippen LogP contribution is -2.19. The molecule has 1 atom stereocenters. The quantitative estimate of drug-likeness (QED) is 0.371. The third kappa shape index (κ3) is 4.26. The molecule has 0 amide bonds. The van der Waals surface area contributed by atoms with Gasteiger partial charge in [0.05, 0.1) is 18.0 Å². The number of para-hydroxylation sites is 2. The van der Waals surface area contributed by atoms with E-state index in [9.17, 15) is 13.5 Å². The van der Waals surface area contributed by atoms with Gasteiger partial charge in [0.2, 0.25) is 10.0 Å². The predicted octanol–water partition coefficient (Wildman–Crippen LogP) is 4.37. The van der Waals surface area contributed by atoms with Crippen LogP contribution in [0.15, 0.2) is 66.7 Å². The maximum atomic E-state index is 11.6. The van der Waals surface area contributed by atoms with E-state index in [1.165, 1.54) is 10.8 Å². The van der Waals surface area contributed by atoms with Gasteiger partial charge in [-0.1, -0.05) is 48.5 Å². The molecule has 0 bridgehead atoms. The van der Waals surface area contributed by atoms with Gasteiger partial charge < -0.3 is 9.67 Å². The van der Waals surface area contributed by atoms with Crippen molar-refractivity contribution in [1.29, 1.82) is 0 Å². The molecule has 0 aliphatic heterocycles. The number of aliphatic hydroxyl groups is 1. The molecule has 3 aromatic carbocycles. The van der Waals surface area contributed by atoms with Crippen LogP contribution in [0.5, 0.6) is 0 Å². The third-order valence-electron chi connectivity index (χ3n) is 4.90. The lowest BCUT2D eigenvalue weighted by Gasteiger charge is -2.16. The van der Waals surface area contributed by atoms with Gasteiger partial charge in [0.15, 0.2) is 0 Å². The van der Waals surface area contributed by atoms with E-state index in [0.717, 1.165) is 26.4 Å². The lowest BCUT2D eigenvalue weighted by molar-refractivity contribution is 0.157. The van der Waals surface area contributed by atoms with Gasteiger partial charge in [0.25, 0.3) is 0 Å². The van der Waals surface area contributed by atoms with Crippen LogP contribution in [0.25, 0.3) is 21.8 Å². The smallest absolute Gasteiger partial charge is 0.229 e. The van der Waals surface area contributed by atoms with Gasteiger partial charge in [-0.3, -0.25) is 4.72 Å². The molecule has 0 saturated carbocycles. The minimum absolute atomic E-state index is 0.429. The first-order chi connectivity index (χ1) is 13.8. The second kappa shape index (κ2) is 7.97. The Bertz CT molecular complexity index is 1240. The SMILES string of the molecule is CS(=O)(=O)Nc1cccc(CC(O)Cn2c3ccccc3c3ccccc32)c1I. The van der Waals surface area contributed by atoms with Crippen LogP contribution < -0.4 is 4.72 Å². The number of nitrogens with zero attached hydrogens (tertiary/aromatic N) is 1. The second-order valence-electron chi connectivity index (χ2n) is 7.16. The Hall–Kier alpha value is -2.10. The molecule has 0 spiro atoms. The molecule has 0 aliphatic rings. The number of benzene rings is 3. The van der Waals surface area contributed by atoms with Crippen LogP contribution >= 0.6 is 22.6 Å². The molecule has 150 valence electrons. The molecule has 4 aromatic rings. The van der Waals surface area contributed by atoms with Crippen molar-refractivity contribution in [2.75, 3.05) is 11.0 Å². The highest BCUT2D eigenvalue weighted by molar-refractivity contribution is 14.1. The molecule has 5 nitrogen and oxygen atoms in total. The van der Waals surface area contributed by atoms with Crippen molar-refractivity contribution in [3.8, 4) is 0 Å². The van der Waals surface area contributed by atoms with Crippen molar-refractivity contribution < 1.29 is 13.5 Å². The fourth-order valence-corrected chi connectivity index (χ4v) is 5.21. The van der Waals surface area contributed by atoms with E-state index in [2.05, 4.69) is 56.1 Å². The number of fused-ring (bicyclic) bond motifs is 3. The first-order valence-electron chi connectivity index (χ1n) is 9.23. The van der Waals surface area contributed by atoms with E-state index in [4.69, 9.17) is 0 Å². The molecule has 0 aliphatic carbocycles. The van der Waals surface area contributed by atoms with Crippen LogP contribution in [-0.2, 0) is 23.0 Å². The molecule has 7 heteroatoms. The Kier molecular flexibility index (Phi) is 5.54. The maximum Gasteiger partial charge on any atom is 0.229 e. The highest BCUT2D eigenvalue weighted by Crippen LogP contribution is 2.30. The number of aromatic nitrogens is 1. The van der Waals surface area contributed by atoms with E-state index in [-0.39, 0.29) is 0 Å². The number of hydrogen-bond donors (Lipinski definition) is 2. The van der Waals surface area contributed by atoms with Crippen LogP contribution in [0, 0.1) is 3.57 Å². The Balaban J connectivity index is 1.64. The molecular formula is C22H21IN2O3S. The fraction of sp³-hybridized carbons (Fsp3) is 0.182. The Labute approximate surface area is 183 Å². The molecule has 0 fully saturated rings. The molecule has 1 heterocycles. The zero-order chi connectivity index (χ0) is 20.6. The molecule has 4 rings (SSSR count). The van der Waals surface area contributed by atoms with E-state index in [1.54, 1.807) is 12.1 Å². The highest BCUT2D eigenvalue weighted by atomic mass is 127. The topological polar surface area (TPSA) is 71.3 Å². The second-order valence-corrected chi connectivity index (χ2v) is 9.98. The van der Waals surface area contributed by atoms with Gasteiger partial charge in [-0.25, -0.2) is 8.42 Å². The van der Waals surface area contributed by atoms with Crippen LogP contribution in [-0.4, -0.2) is 30.5 Å². The van der Waals surface area contributed by atoms with Crippen LogP contribution in [0.3, 0.4) is 0 Å². The largest absolute Gasteiger partial charge is 0.391 e. The summed E-state index contributed by atoms with van der Waals surface area (Å²) in [7, 11) is -3.36. The van der Waals surface area contributed by atoms with Crippen molar-refractivity contribution in [3.05, 3.63) is 75.9 Å². The molecule has 29 heavy (non-hydrogen) atoms. The van der Waals surface area contributed by atoms with E-state index < -0.39 is 16.1 Å². The number of anilines is 1. The van der Waals surface area contributed by atoms with Gasteiger partial charge >= 0.3 is 0 Å². The van der Waals surface area contributed by atoms with Crippen molar-refractivity contribution in [2.24, 2.45) is 0 Å². The third-order valence-corrected chi connectivity index (χ3v) is 6.77. The van der Waals surface area contributed by atoms with Crippen LogP contribution in [0.4, 0.5) is 5.69 Å². The van der Waals surface area contributed by atoms with Crippen molar-refractivity contribution >= 4 is 60.1 Å². The van der Waals surface area contributed by atoms with Gasteiger partial charge in [-0.2, -0.15) is 0 Å². The fourth-order valence-electron chi connectivity index (χ4n) is 3.75. The summed E-state index contributed by atoms with van der Waals surface area (Å²) in [6.07, 6.45) is 0.946. The summed E-state index contributed by atoms with van der Waals surface area (Å²) in [4.78, 5) is 0. The lowest BCUT2D eigenvalue weighted by atomic mass is 10.1. The van der Waals surface area contributed by atoms with Crippen LogP contribution in [0.2, 0.25) is 0 Å². The van der Waals surface area contributed by atoms with Crippen molar-refractivity contribution in [1.82, 2.24) is 4.57 Å². The number of hydrogen-bond acceptors (Lipinski definition) is 3. The molecule has 0 radical (unpaired) electrons. The molecule has 0 saturated heterocycles. The summed E-state index contributed by atoms with van der Waals surface area (Å²) in [6.45, 7) is 0.452. The summed E-state index contributed by atoms with van der Waals surface area (Å²) in [5, 5.41) is 13.2. The predicted molar refractivity (Wildman–Crippen MR) is 127 cm³/mol. The number of halogens is 1. The van der Waals surface area contributed by atoms with E-state index in [0.29, 0.717) is 18.7 Å². The number of rotatable bonds is 6. The van der Waals surface area contributed by atoms with Gasteiger partial charge in [-0.05, 0) is 46.4 Å². The zero-order valence-corrected chi connectivity index (χ0v) is 18.8. The standard InChI is InChI=1S/C22H21IN2O3S/c1-29(27,28)24-19-10-6-7-15(22(19)23)13-16(26)14-25-20-11-4-2-8-17(20)18-9-3-5-12-21(18)25/h2-12,16,24,26H,13-14H2,1H3. The summed E-state index contributed by atoms with van der Waals surface area (Å²) in [5.41, 5.74) is 3.63. The number of nitrogens with one attached hydrogen (secondary N) is 1. The van der Waals surface area contributed by atoms with E-state index >= 15 is 0 Å². The summed E-state index contributed by atoms with van der Waals surface area (Å²) in [5.74, 6) is 0. The molecular weight excluding hydrogens is 499 g/mol. The van der Waals surface area contributed by atoms with Crippen molar-refractivity contribution in [2.45, 2.75) is 19.1 Å². The summed E-state index contributed by atoms with van der Waals surface area (Å²) < 4.78 is 28.7. The Morgan fingerprint density at radius 1 is 0.966 bits per heavy atom. The van der Waals surface area contributed by atoms with Crippen molar-refractivity contribution in [3.63, 3.8) is 0 Å². The molecule has 1 unspecified atom stereocenters. The average Bonchev–Trinajstić information content (AvgIpc) is 2.98. The van der Waals surface area contributed by atoms with Gasteiger partial charge in [-0.15, -0.1) is 0 Å². The molecule has 2 N–H and O–H groups in total. The first kappa shape index (κ1) is 20.2. The Morgan fingerprint density at radius 3 is 2.14 bits per heavy atom. The number of aliphatic hydroxyl groups excluding tert-OH is 1. The first-order valence-corrected chi connectivity index (χ1v) is 12.2. The van der Waals surface area contributed by atoms with Gasteiger partial charge in [0, 0.05) is 38.3 Å².